The van der Waals surface area contributed by atoms with Crippen LogP contribution in [0.3, 0.4) is 0 Å². The largest absolute Gasteiger partial charge is 0.379 e. The predicted octanol–water partition coefficient (Wildman–Crippen LogP) is -0.157. The van der Waals surface area contributed by atoms with Crippen LogP contribution in [0.15, 0.2) is 0 Å². The first-order valence-corrected chi connectivity index (χ1v) is 6.60. The van der Waals surface area contributed by atoms with E-state index in [1.54, 1.807) is 0 Å². The van der Waals surface area contributed by atoms with Crippen molar-refractivity contribution in [2.45, 2.75) is 18.5 Å². The van der Waals surface area contributed by atoms with Crippen LogP contribution in [0.25, 0.3) is 0 Å². The maximum absolute atomic E-state index is 11.9. The molecule has 3 atom stereocenters. The van der Waals surface area contributed by atoms with Crippen molar-refractivity contribution in [1.82, 2.24) is 10.6 Å². The number of hydrogen-bond acceptors (Lipinski definition) is 4. The van der Waals surface area contributed by atoms with Crippen LogP contribution in [0.4, 0.5) is 0 Å². The molecule has 3 unspecified atom stereocenters. The van der Waals surface area contributed by atoms with Crippen molar-refractivity contribution in [2.24, 2.45) is 5.92 Å². The van der Waals surface area contributed by atoms with Gasteiger partial charge < -0.3 is 15.4 Å². The Bertz CT molecular complexity index is 231. The second kappa shape index (κ2) is 5.18. The highest BCUT2D eigenvalue weighted by Crippen LogP contribution is 2.19. The molecule has 0 saturated carbocycles. The van der Waals surface area contributed by atoms with Crippen molar-refractivity contribution in [1.29, 1.82) is 0 Å². The van der Waals surface area contributed by atoms with Crippen molar-refractivity contribution in [2.75, 3.05) is 31.8 Å². The van der Waals surface area contributed by atoms with Crippen LogP contribution < -0.4 is 10.6 Å². The normalized spacial score (nSPS) is 35.7. The van der Waals surface area contributed by atoms with Crippen LogP contribution in [0.1, 0.15) is 6.42 Å². The second-order valence-corrected chi connectivity index (χ2v) is 5.26. The second-order valence-electron chi connectivity index (χ2n) is 4.11. The van der Waals surface area contributed by atoms with Crippen LogP contribution in [0.5, 0.6) is 0 Å². The fourth-order valence-corrected chi connectivity index (χ4v) is 3.21. The molecule has 15 heavy (non-hydrogen) atoms. The highest BCUT2D eigenvalue weighted by atomic mass is 32.2. The first-order chi connectivity index (χ1) is 7.31. The van der Waals surface area contributed by atoms with Crippen LogP contribution in [0, 0.1) is 5.92 Å². The van der Waals surface area contributed by atoms with Gasteiger partial charge in [0.1, 0.15) is 0 Å². The molecule has 0 aliphatic carbocycles. The third-order valence-electron chi connectivity index (χ3n) is 3.06. The Kier molecular flexibility index (Phi) is 3.88. The van der Waals surface area contributed by atoms with Crippen LogP contribution in [-0.2, 0) is 9.53 Å². The quantitative estimate of drug-likeness (QED) is 0.707. The molecule has 2 aliphatic heterocycles. The van der Waals surface area contributed by atoms with Gasteiger partial charge in [0.25, 0.3) is 0 Å². The molecule has 2 N–H and O–H groups in total. The third-order valence-corrected chi connectivity index (χ3v) is 4.23. The molecule has 0 aromatic carbocycles. The molecule has 86 valence electrons. The molecule has 2 rings (SSSR count). The maximum atomic E-state index is 11.9. The minimum Gasteiger partial charge on any atom is -0.379 e. The molecular weight excluding hydrogens is 212 g/mol. The van der Waals surface area contributed by atoms with Gasteiger partial charge in [0.15, 0.2) is 0 Å². The maximum Gasteiger partial charge on any atom is 0.227 e. The van der Waals surface area contributed by atoms with Crippen molar-refractivity contribution in [3.05, 3.63) is 0 Å². The Balaban J connectivity index is 1.83. The number of ether oxygens (including phenoxy) is 1. The summed E-state index contributed by atoms with van der Waals surface area (Å²) < 4.78 is 5.32. The third kappa shape index (κ3) is 2.65. The topological polar surface area (TPSA) is 50.4 Å². The van der Waals surface area contributed by atoms with Gasteiger partial charge in [0.2, 0.25) is 5.91 Å². The predicted molar refractivity (Wildman–Crippen MR) is 61.0 cm³/mol. The average molecular weight is 230 g/mol. The highest BCUT2D eigenvalue weighted by Gasteiger charge is 2.34. The van der Waals surface area contributed by atoms with Crippen molar-refractivity contribution in [3.63, 3.8) is 0 Å². The number of hydrogen-bond donors (Lipinski definition) is 2. The molecule has 0 spiro atoms. The Labute approximate surface area is 94.5 Å². The Hall–Kier alpha value is -0.260. The van der Waals surface area contributed by atoms with Crippen LogP contribution in [0.2, 0.25) is 0 Å². The first-order valence-electron chi connectivity index (χ1n) is 5.44. The highest BCUT2D eigenvalue weighted by molar-refractivity contribution is 7.99. The lowest BCUT2D eigenvalue weighted by Gasteiger charge is -2.19. The van der Waals surface area contributed by atoms with Crippen LogP contribution in [-0.4, -0.2) is 49.8 Å². The van der Waals surface area contributed by atoms with E-state index in [1.165, 1.54) is 5.75 Å². The number of carbonyl (C=O) groups excluding carboxylic acids is 1. The number of nitrogens with one attached hydrogen (secondary N) is 2. The lowest BCUT2D eigenvalue weighted by atomic mass is 10.0. The van der Waals surface area contributed by atoms with Gasteiger partial charge in [-0.15, -0.1) is 0 Å². The Morgan fingerprint density at radius 2 is 2.33 bits per heavy atom. The van der Waals surface area contributed by atoms with Gasteiger partial charge in [-0.3, -0.25) is 4.79 Å². The minimum absolute atomic E-state index is 0.0133. The van der Waals surface area contributed by atoms with Gasteiger partial charge in [-0.1, -0.05) is 0 Å². The molecule has 2 fully saturated rings. The summed E-state index contributed by atoms with van der Waals surface area (Å²) in [6, 6.07) is 0.555. The van der Waals surface area contributed by atoms with Crippen molar-refractivity contribution in [3.8, 4) is 0 Å². The molecule has 2 saturated heterocycles. The SMILES string of the molecule is CNC1COCC1C(=O)NC1CCSC1. The average Bonchev–Trinajstić information content (AvgIpc) is 2.86. The minimum atomic E-state index is -0.0133. The number of thioether (sulfide) groups is 1. The fourth-order valence-electron chi connectivity index (χ4n) is 2.05. The van der Waals surface area contributed by atoms with E-state index in [1.807, 2.05) is 18.8 Å². The molecule has 4 nitrogen and oxygen atoms in total. The molecule has 0 aromatic rings. The zero-order chi connectivity index (χ0) is 10.7. The van der Waals surface area contributed by atoms with Gasteiger partial charge in [0, 0.05) is 17.8 Å². The molecule has 2 aliphatic rings. The van der Waals surface area contributed by atoms with Gasteiger partial charge in [-0.05, 0) is 19.2 Å². The van der Waals surface area contributed by atoms with E-state index < -0.39 is 0 Å². The molecule has 0 bridgehead atoms. The lowest BCUT2D eigenvalue weighted by Crippen LogP contribution is -2.46. The molecule has 1 amide bonds. The molecule has 0 radical (unpaired) electrons. The van der Waals surface area contributed by atoms with E-state index >= 15 is 0 Å². The van der Waals surface area contributed by atoms with Gasteiger partial charge >= 0.3 is 0 Å². The van der Waals surface area contributed by atoms with Crippen LogP contribution >= 0.6 is 11.8 Å². The number of rotatable bonds is 3. The van der Waals surface area contributed by atoms with Crippen molar-refractivity contribution >= 4 is 17.7 Å². The summed E-state index contributed by atoms with van der Waals surface area (Å²) in [4.78, 5) is 11.9. The Morgan fingerprint density at radius 1 is 1.47 bits per heavy atom. The van der Waals surface area contributed by atoms with Crippen molar-refractivity contribution < 1.29 is 9.53 Å². The van der Waals surface area contributed by atoms with Gasteiger partial charge in [-0.25, -0.2) is 0 Å². The molecule has 2 heterocycles. The fraction of sp³-hybridized carbons (Fsp3) is 0.900. The summed E-state index contributed by atoms with van der Waals surface area (Å²) in [7, 11) is 1.88. The zero-order valence-corrected chi connectivity index (χ0v) is 9.81. The van der Waals surface area contributed by atoms with Gasteiger partial charge in [0.05, 0.1) is 19.1 Å². The van der Waals surface area contributed by atoms with E-state index in [-0.39, 0.29) is 17.9 Å². The smallest absolute Gasteiger partial charge is 0.227 e. The summed E-state index contributed by atoms with van der Waals surface area (Å²) in [5.74, 6) is 2.37. The number of carbonyl (C=O) groups is 1. The standard InChI is InChI=1S/C10H18N2O2S/c1-11-9-5-14-4-8(9)10(13)12-7-2-3-15-6-7/h7-9,11H,2-6H2,1H3,(H,12,13). The molecular formula is C10H18N2O2S. The van der Waals surface area contributed by atoms with E-state index in [0.29, 0.717) is 19.3 Å². The van der Waals surface area contributed by atoms with Gasteiger partial charge in [-0.2, -0.15) is 11.8 Å². The van der Waals surface area contributed by atoms with E-state index in [2.05, 4.69) is 10.6 Å². The summed E-state index contributed by atoms with van der Waals surface area (Å²) >= 11 is 1.91. The Morgan fingerprint density at radius 3 is 3.00 bits per heavy atom. The summed E-state index contributed by atoms with van der Waals surface area (Å²) in [6.07, 6.45) is 1.11. The van der Waals surface area contributed by atoms with E-state index in [4.69, 9.17) is 4.74 Å². The molecule has 5 heteroatoms. The summed E-state index contributed by atoms with van der Waals surface area (Å²) in [5, 5.41) is 6.23. The number of amides is 1. The summed E-state index contributed by atoms with van der Waals surface area (Å²) in [5.41, 5.74) is 0. The van der Waals surface area contributed by atoms with E-state index in [0.717, 1.165) is 12.2 Å². The number of likely N-dealkylation sites (N-methyl/N-ethyl adjacent to an activating group) is 1. The first kappa shape index (κ1) is 11.2. The van der Waals surface area contributed by atoms with E-state index in [9.17, 15) is 4.79 Å². The summed E-state index contributed by atoms with van der Waals surface area (Å²) in [6.45, 7) is 1.20. The lowest BCUT2D eigenvalue weighted by molar-refractivity contribution is -0.125. The molecule has 0 aromatic heterocycles. The monoisotopic (exact) mass is 230 g/mol. The zero-order valence-electron chi connectivity index (χ0n) is 8.99.